The number of hydrogen-bond donors (Lipinski definition) is 1. The van der Waals surface area contributed by atoms with Gasteiger partial charge >= 0.3 is 0 Å². The van der Waals surface area contributed by atoms with Crippen LogP contribution in [0.1, 0.15) is 31.6 Å². The van der Waals surface area contributed by atoms with Crippen molar-refractivity contribution in [3.63, 3.8) is 0 Å². The number of imidazole rings is 1. The summed E-state index contributed by atoms with van der Waals surface area (Å²) in [5.41, 5.74) is 0. The minimum atomic E-state index is 0.0695. The van der Waals surface area contributed by atoms with E-state index >= 15 is 0 Å². The summed E-state index contributed by atoms with van der Waals surface area (Å²) in [5.74, 6) is 2.04. The smallest absolute Gasteiger partial charge is 0.223 e. The van der Waals surface area contributed by atoms with E-state index in [-0.39, 0.29) is 6.04 Å². The van der Waals surface area contributed by atoms with Crippen molar-refractivity contribution in [2.45, 2.75) is 32.4 Å². The molecule has 0 aromatic carbocycles. The summed E-state index contributed by atoms with van der Waals surface area (Å²) in [6, 6.07) is 0.0695. The molecule has 0 saturated carbocycles. The third kappa shape index (κ3) is 3.39. The van der Waals surface area contributed by atoms with Gasteiger partial charge in [-0.15, -0.1) is 0 Å². The molecule has 6 nitrogen and oxygen atoms in total. The monoisotopic (exact) mass is 321 g/mol. The third-order valence-electron chi connectivity index (χ3n) is 4.01. The van der Waals surface area contributed by atoms with E-state index in [9.17, 15) is 0 Å². The fraction of sp³-hybridized carbons (Fsp3) is 0.533. The van der Waals surface area contributed by atoms with Crippen molar-refractivity contribution in [3.05, 3.63) is 35.6 Å². The zero-order valence-corrected chi connectivity index (χ0v) is 13.3. The zero-order valence-electron chi connectivity index (χ0n) is 12.6. The minimum absolute atomic E-state index is 0.0695. The molecule has 7 heteroatoms. The maximum Gasteiger partial charge on any atom is 0.223 e. The van der Waals surface area contributed by atoms with Gasteiger partial charge in [-0.05, 0) is 25.7 Å². The fourth-order valence-corrected chi connectivity index (χ4v) is 2.93. The second-order valence-electron chi connectivity index (χ2n) is 5.37. The van der Waals surface area contributed by atoms with Gasteiger partial charge in [0.05, 0.1) is 23.5 Å². The van der Waals surface area contributed by atoms with Crippen molar-refractivity contribution in [1.29, 1.82) is 0 Å². The number of ether oxygens (including phenoxy) is 1. The van der Waals surface area contributed by atoms with E-state index in [4.69, 9.17) is 16.3 Å². The van der Waals surface area contributed by atoms with Gasteiger partial charge in [-0.25, -0.2) is 15.0 Å². The molecule has 0 aliphatic carbocycles. The summed E-state index contributed by atoms with van der Waals surface area (Å²) in [5, 5.41) is 3.96. The van der Waals surface area contributed by atoms with Gasteiger partial charge in [0.15, 0.2) is 0 Å². The number of nitrogens with one attached hydrogen (secondary N) is 1. The Hall–Kier alpha value is -1.66. The second-order valence-corrected chi connectivity index (χ2v) is 5.80. The van der Waals surface area contributed by atoms with E-state index in [0.717, 1.165) is 38.4 Å². The molecule has 0 amide bonds. The Labute approximate surface area is 134 Å². The molecule has 1 N–H and O–H groups in total. The molecule has 2 aromatic rings. The molecule has 1 saturated heterocycles. The Kier molecular flexibility index (Phi) is 4.90. The molecule has 0 bridgehead atoms. The van der Waals surface area contributed by atoms with Gasteiger partial charge in [-0.1, -0.05) is 11.6 Å². The Bertz CT molecular complexity index is 594. The van der Waals surface area contributed by atoms with Gasteiger partial charge in [0.1, 0.15) is 5.82 Å². The lowest BCUT2D eigenvalue weighted by atomic mass is 9.91. The number of rotatable bonds is 5. The van der Waals surface area contributed by atoms with Gasteiger partial charge < -0.3 is 14.6 Å². The van der Waals surface area contributed by atoms with E-state index in [0.29, 0.717) is 16.9 Å². The van der Waals surface area contributed by atoms with E-state index in [1.54, 1.807) is 12.4 Å². The first kappa shape index (κ1) is 15.2. The van der Waals surface area contributed by atoms with E-state index < -0.39 is 0 Å². The van der Waals surface area contributed by atoms with Crippen molar-refractivity contribution >= 4 is 17.5 Å². The molecule has 1 atom stereocenters. The Morgan fingerprint density at radius 3 is 2.73 bits per heavy atom. The van der Waals surface area contributed by atoms with Crippen LogP contribution in [0.3, 0.4) is 0 Å². The van der Waals surface area contributed by atoms with Crippen LogP contribution in [0.4, 0.5) is 5.95 Å². The highest BCUT2D eigenvalue weighted by atomic mass is 35.5. The van der Waals surface area contributed by atoms with Crippen LogP contribution in [0.15, 0.2) is 24.8 Å². The average molecular weight is 322 g/mol. The molecular weight excluding hydrogens is 302 g/mol. The molecule has 118 valence electrons. The quantitative estimate of drug-likeness (QED) is 0.917. The predicted molar refractivity (Wildman–Crippen MR) is 84.8 cm³/mol. The maximum absolute atomic E-state index is 5.86. The van der Waals surface area contributed by atoms with Crippen molar-refractivity contribution in [2.75, 3.05) is 18.5 Å². The first-order valence-corrected chi connectivity index (χ1v) is 7.98. The van der Waals surface area contributed by atoms with Gasteiger partial charge in [-0.3, -0.25) is 0 Å². The summed E-state index contributed by atoms with van der Waals surface area (Å²) in [6.07, 6.45) is 9.06. The van der Waals surface area contributed by atoms with E-state index in [1.807, 2.05) is 12.4 Å². The zero-order chi connectivity index (χ0) is 15.4. The Morgan fingerprint density at radius 2 is 2.05 bits per heavy atom. The normalized spacial score (nSPS) is 17.4. The third-order valence-corrected chi connectivity index (χ3v) is 4.20. The van der Waals surface area contributed by atoms with E-state index in [1.165, 1.54) is 0 Å². The lowest BCUT2D eigenvalue weighted by Crippen LogP contribution is -2.29. The molecular formula is C15H20ClN5O. The number of hydrogen-bond acceptors (Lipinski definition) is 5. The molecule has 3 heterocycles. The van der Waals surface area contributed by atoms with Gasteiger partial charge in [0.2, 0.25) is 5.95 Å². The molecule has 1 aliphatic rings. The first-order chi connectivity index (χ1) is 10.8. The van der Waals surface area contributed by atoms with Crippen LogP contribution < -0.4 is 5.32 Å². The van der Waals surface area contributed by atoms with Crippen LogP contribution in [-0.4, -0.2) is 32.7 Å². The van der Waals surface area contributed by atoms with Gasteiger partial charge in [0, 0.05) is 32.2 Å². The standard InChI is InChI=1S/C15H20ClN5O/c1-2-21-6-5-17-14(21)13(11-3-7-22-8-4-11)20-15-18-9-12(16)10-19-15/h5-6,9-11,13H,2-4,7-8H2,1H3,(H,18,19,20). The van der Waals surface area contributed by atoms with Gasteiger partial charge in [-0.2, -0.15) is 0 Å². The highest BCUT2D eigenvalue weighted by Crippen LogP contribution is 2.31. The van der Waals surface area contributed by atoms with Crippen molar-refractivity contribution in [1.82, 2.24) is 19.5 Å². The summed E-state index contributed by atoms with van der Waals surface area (Å²) in [7, 11) is 0. The summed E-state index contributed by atoms with van der Waals surface area (Å²) in [4.78, 5) is 13.1. The molecule has 0 spiro atoms. The largest absolute Gasteiger partial charge is 0.381 e. The predicted octanol–water partition coefficient (Wildman–Crippen LogP) is 2.93. The molecule has 1 fully saturated rings. The lowest BCUT2D eigenvalue weighted by Gasteiger charge is -2.30. The average Bonchev–Trinajstić information content (AvgIpc) is 3.03. The Balaban J connectivity index is 1.86. The topological polar surface area (TPSA) is 64.9 Å². The highest BCUT2D eigenvalue weighted by molar-refractivity contribution is 6.30. The van der Waals surface area contributed by atoms with Crippen LogP contribution in [0.25, 0.3) is 0 Å². The SMILES string of the molecule is CCn1ccnc1C(Nc1ncc(Cl)cn1)C1CCOCC1. The van der Waals surface area contributed by atoms with Crippen molar-refractivity contribution in [2.24, 2.45) is 5.92 Å². The molecule has 0 radical (unpaired) electrons. The number of halogens is 1. The van der Waals surface area contributed by atoms with Crippen LogP contribution in [0.2, 0.25) is 5.02 Å². The molecule has 1 aliphatic heterocycles. The lowest BCUT2D eigenvalue weighted by molar-refractivity contribution is 0.0593. The first-order valence-electron chi connectivity index (χ1n) is 7.60. The van der Waals surface area contributed by atoms with Crippen LogP contribution in [0, 0.1) is 5.92 Å². The minimum Gasteiger partial charge on any atom is -0.381 e. The molecule has 22 heavy (non-hydrogen) atoms. The van der Waals surface area contributed by atoms with Crippen LogP contribution in [-0.2, 0) is 11.3 Å². The fourth-order valence-electron chi connectivity index (χ4n) is 2.84. The van der Waals surface area contributed by atoms with Crippen molar-refractivity contribution < 1.29 is 4.74 Å². The maximum atomic E-state index is 5.86. The summed E-state index contributed by atoms with van der Waals surface area (Å²) in [6.45, 7) is 4.58. The molecule has 1 unspecified atom stereocenters. The number of aryl methyl sites for hydroxylation is 1. The van der Waals surface area contributed by atoms with Crippen LogP contribution >= 0.6 is 11.6 Å². The van der Waals surface area contributed by atoms with Crippen LogP contribution in [0.5, 0.6) is 0 Å². The Morgan fingerprint density at radius 1 is 1.32 bits per heavy atom. The highest BCUT2D eigenvalue weighted by Gasteiger charge is 2.29. The van der Waals surface area contributed by atoms with Crippen molar-refractivity contribution in [3.8, 4) is 0 Å². The summed E-state index contributed by atoms with van der Waals surface area (Å²) >= 11 is 5.86. The summed E-state index contributed by atoms with van der Waals surface area (Å²) < 4.78 is 7.64. The molecule has 2 aromatic heterocycles. The number of nitrogens with zero attached hydrogens (tertiary/aromatic N) is 4. The number of aromatic nitrogens is 4. The van der Waals surface area contributed by atoms with Gasteiger partial charge in [0.25, 0.3) is 0 Å². The molecule has 3 rings (SSSR count). The second kappa shape index (κ2) is 7.07. The van der Waals surface area contributed by atoms with E-state index in [2.05, 4.69) is 31.8 Å². The number of anilines is 1.